The molecule has 3 N–H and O–H groups in total. The molecular formula is C12H19N3O2. The van der Waals surface area contributed by atoms with Crippen molar-refractivity contribution in [2.75, 3.05) is 13.2 Å². The lowest BCUT2D eigenvalue weighted by Crippen LogP contribution is -2.59. The molecule has 1 saturated heterocycles. The molecular weight excluding hydrogens is 218 g/mol. The predicted molar refractivity (Wildman–Crippen MR) is 61.9 cm³/mol. The number of nitrogens with two attached hydrogens (primary N) is 1. The quantitative estimate of drug-likeness (QED) is 0.723. The molecule has 5 nitrogen and oxygen atoms in total. The van der Waals surface area contributed by atoms with E-state index in [9.17, 15) is 4.79 Å². The molecule has 0 spiro atoms. The molecule has 2 unspecified atom stereocenters. The standard InChI is InChI=1S/C12H19N3O2/c13-8-9-2-1-3-10(9)15-11(16)12(14)4-6-17-7-5-12/h9-10H,1-7,14H2,(H,15,16). The van der Waals surface area contributed by atoms with Crippen molar-refractivity contribution in [2.45, 2.75) is 43.7 Å². The lowest BCUT2D eigenvalue weighted by Gasteiger charge is -2.33. The van der Waals surface area contributed by atoms with Crippen LogP contribution >= 0.6 is 0 Å². The van der Waals surface area contributed by atoms with Crippen LogP contribution in [0.5, 0.6) is 0 Å². The van der Waals surface area contributed by atoms with Gasteiger partial charge in [-0.3, -0.25) is 4.79 Å². The van der Waals surface area contributed by atoms with Crippen molar-refractivity contribution in [3.8, 4) is 6.07 Å². The summed E-state index contributed by atoms with van der Waals surface area (Å²) in [7, 11) is 0. The smallest absolute Gasteiger partial charge is 0.240 e. The van der Waals surface area contributed by atoms with Crippen molar-refractivity contribution < 1.29 is 9.53 Å². The lowest BCUT2D eigenvalue weighted by atomic mass is 9.89. The highest BCUT2D eigenvalue weighted by Gasteiger charge is 2.38. The van der Waals surface area contributed by atoms with Gasteiger partial charge in [0.1, 0.15) is 0 Å². The Labute approximate surface area is 101 Å². The molecule has 2 rings (SSSR count). The Morgan fingerprint density at radius 1 is 1.41 bits per heavy atom. The second-order valence-electron chi connectivity index (χ2n) is 5.01. The van der Waals surface area contributed by atoms with Crippen LogP contribution in [0.4, 0.5) is 0 Å². The minimum atomic E-state index is -0.805. The molecule has 0 aromatic heterocycles. The molecule has 2 atom stereocenters. The van der Waals surface area contributed by atoms with Crippen LogP contribution < -0.4 is 11.1 Å². The summed E-state index contributed by atoms with van der Waals surface area (Å²) in [6.07, 6.45) is 3.88. The third kappa shape index (κ3) is 2.59. The first kappa shape index (κ1) is 12.3. The maximum atomic E-state index is 12.1. The number of carbonyl (C=O) groups excluding carboxylic acids is 1. The van der Waals surface area contributed by atoms with Gasteiger partial charge < -0.3 is 15.8 Å². The summed E-state index contributed by atoms with van der Waals surface area (Å²) in [6.45, 7) is 1.08. The second-order valence-corrected chi connectivity index (χ2v) is 5.01. The van der Waals surface area contributed by atoms with Crippen molar-refractivity contribution in [2.24, 2.45) is 11.7 Å². The van der Waals surface area contributed by atoms with Gasteiger partial charge >= 0.3 is 0 Å². The fourth-order valence-electron chi connectivity index (χ4n) is 2.56. The van der Waals surface area contributed by atoms with Gasteiger partial charge in [-0.15, -0.1) is 0 Å². The number of hydrogen-bond donors (Lipinski definition) is 2. The van der Waals surface area contributed by atoms with Crippen LogP contribution in [0.3, 0.4) is 0 Å². The first-order chi connectivity index (χ1) is 8.15. The number of ether oxygens (including phenoxy) is 1. The maximum Gasteiger partial charge on any atom is 0.240 e. The molecule has 1 aliphatic heterocycles. The van der Waals surface area contributed by atoms with E-state index in [-0.39, 0.29) is 17.9 Å². The molecule has 2 aliphatic rings. The van der Waals surface area contributed by atoms with E-state index in [0.717, 1.165) is 19.3 Å². The molecule has 17 heavy (non-hydrogen) atoms. The summed E-state index contributed by atoms with van der Waals surface area (Å²) in [4.78, 5) is 12.1. The normalized spacial score (nSPS) is 31.8. The summed E-state index contributed by atoms with van der Waals surface area (Å²) in [6, 6.07) is 2.24. The van der Waals surface area contributed by atoms with E-state index < -0.39 is 5.54 Å². The van der Waals surface area contributed by atoms with Gasteiger partial charge in [-0.25, -0.2) is 0 Å². The van der Waals surface area contributed by atoms with Crippen molar-refractivity contribution in [1.29, 1.82) is 5.26 Å². The molecule has 94 valence electrons. The van der Waals surface area contributed by atoms with Crippen LogP contribution in [0.25, 0.3) is 0 Å². The fraction of sp³-hybridized carbons (Fsp3) is 0.833. The van der Waals surface area contributed by atoms with Gasteiger partial charge in [0.15, 0.2) is 0 Å². The van der Waals surface area contributed by atoms with Crippen LogP contribution in [0.1, 0.15) is 32.1 Å². The molecule has 5 heteroatoms. The monoisotopic (exact) mass is 237 g/mol. The molecule has 0 aromatic carbocycles. The molecule has 1 saturated carbocycles. The fourth-order valence-corrected chi connectivity index (χ4v) is 2.56. The average Bonchev–Trinajstić information content (AvgIpc) is 2.77. The summed E-state index contributed by atoms with van der Waals surface area (Å²) in [5.74, 6) is -0.171. The molecule has 1 aliphatic carbocycles. The predicted octanol–water partition coefficient (Wildman–Crippen LogP) is 0.303. The topological polar surface area (TPSA) is 88.1 Å². The number of nitrogens with zero attached hydrogens (tertiary/aromatic N) is 1. The first-order valence-corrected chi connectivity index (χ1v) is 6.23. The van der Waals surface area contributed by atoms with Crippen molar-refractivity contribution in [3.63, 3.8) is 0 Å². The summed E-state index contributed by atoms with van der Waals surface area (Å²) >= 11 is 0. The Bertz CT molecular complexity index is 331. The van der Waals surface area contributed by atoms with Crippen LogP contribution in [0, 0.1) is 17.2 Å². The minimum absolute atomic E-state index is 0.0178. The number of carbonyl (C=O) groups is 1. The average molecular weight is 237 g/mol. The van der Waals surface area contributed by atoms with Gasteiger partial charge in [0.2, 0.25) is 5.91 Å². The summed E-state index contributed by atoms with van der Waals surface area (Å²) in [5, 5.41) is 11.9. The molecule has 2 fully saturated rings. The van der Waals surface area contributed by atoms with Crippen LogP contribution in [0.15, 0.2) is 0 Å². The Balaban J connectivity index is 1.94. The number of amides is 1. The largest absolute Gasteiger partial charge is 0.381 e. The van der Waals surface area contributed by atoms with Gasteiger partial charge in [-0.05, 0) is 32.1 Å². The SMILES string of the molecule is N#CC1CCCC1NC(=O)C1(N)CCOCC1. The van der Waals surface area contributed by atoms with Gasteiger partial charge in [0.05, 0.1) is 17.5 Å². The molecule has 1 amide bonds. The van der Waals surface area contributed by atoms with Crippen molar-refractivity contribution in [3.05, 3.63) is 0 Å². The van der Waals surface area contributed by atoms with E-state index in [2.05, 4.69) is 11.4 Å². The zero-order chi connectivity index (χ0) is 12.3. The number of nitriles is 1. The zero-order valence-corrected chi connectivity index (χ0v) is 9.95. The van der Waals surface area contributed by atoms with Crippen LogP contribution in [-0.2, 0) is 9.53 Å². The van der Waals surface area contributed by atoms with Crippen molar-refractivity contribution in [1.82, 2.24) is 5.32 Å². The van der Waals surface area contributed by atoms with E-state index in [1.807, 2.05) is 0 Å². The molecule has 1 heterocycles. The number of hydrogen-bond acceptors (Lipinski definition) is 4. The Morgan fingerprint density at radius 3 is 2.76 bits per heavy atom. The summed E-state index contributed by atoms with van der Waals surface area (Å²) in [5.41, 5.74) is 5.29. The highest BCUT2D eigenvalue weighted by atomic mass is 16.5. The van der Waals surface area contributed by atoms with E-state index in [1.54, 1.807) is 0 Å². The van der Waals surface area contributed by atoms with E-state index in [0.29, 0.717) is 26.1 Å². The zero-order valence-electron chi connectivity index (χ0n) is 9.95. The van der Waals surface area contributed by atoms with Gasteiger partial charge in [-0.2, -0.15) is 5.26 Å². The van der Waals surface area contributed by atoms with Gasteiger partial charge in [-0.1, -0.05) is 0 Å². The third-order valence-corrected chi connectivity index (χ3v) is 3.84. The van der Waals surface area contributed by atoms with E-state index >= 15 is 0 Å². The van der Waals surface area contributed by atoms with Gasteiger partial charge in [0, 0.05) is 19.3 Å². The van der Waals surface area contributed by atoms with Gasteiger partial charge in [0.25, 0.3) is 0 Å². The minimum Gasteiger partial charge on any atom is -0.381 e. The number of nitrogens with one attached hydrogen (secondary N) is 1. The Hall–Kier alpha value is -1.12. The third-order valence-electron chi connectivity index (χ3n) is 3.84. The van der Waals surface area contributed by atoms with E-state index in [1.165, 1.54) is 0 Å². The Kier molecular flexibility index (Phi) is 3.65. The molecule has 0 aromatic rings. The number of rotatable bonds is 2. The molecule has 0 radical (unpaired) electrons. The second kappa shape index (κ2) is 5.03. The summed E-state index contributed by atoms with van der Waals surface area (Å²) < 4.78 is 5.22. The van der Waals surface area contributed by atoms with Crippen LogP contribution in [-0.4, -0.2) is 30.7 Å². The maximum absolute atomic E-state index is 12.1. The molecule has 0 bridgehead atoms. The lowest BCUT2D eigenvalue weighted by molar-refractivity contribution is -0.130. The first-order valence-electron chi connectivity index (χ1n) is 6.23. The highest BCUT2D eigenvalue weighted by Crippen LogP contribution is 2.26. The van der Waals surface area contributed by atoms with Crippen molar-refractivity contribution >= 4 is 5.91 Å². The highest BCUT2D eigenvalue weighted by molar-refractivity contribution is 5.86. The van der Waals surface area contributed by atoms with E-state index in [4.69, 9.17) is 15.7 Å². The van der Waals surface area contributed by atoms with Crippen LogP contribution in [0.2, 0.25) is 0 Å². The Morgan fingerprint density at radius 2 is 2.12 bits per heavy atom.